The topological polar surface area (TPSA) is 35.0 Å². The van der Waals surface area contributed by atoms with Gasteiger partial charge >= 0.3 is 0 Å². The molecule has 1 aromatic heterocycles. The minimum Gasteiger partial charge on any atom is -0.436 e. The molecule has 1 aromatic carbocycles. The maximum Gasteiger partial charge on any atom is 0.224 e. The lowest BCUT2D eigenvalue weighted by Crippen LogP contribution is -1.97. The average molecular weight is 253 g/mol. The van der Waals surface area contributed by atoms with E-state index in [9.17, 15) is 4.39 Å². The first kappa shape index (κ1) is 11.8. The van der Waals surface area contributed by atoms with Crippen molar-refractivity contribution in [2.24, 2.45) is 0 Å². The van der Waals surface area contributed by atoms with Crippen molar-refractivity contribution >= 4 is 11.6 Å². The van der Waals surface area contributed by atoms with Crippen molar-refractivity contribution in [3.05, 3.63) is 47.1 Å². The first-order chi connectivity index (χ1) is 8.19. The van der Waals surface area contributed by atoms with Crippen molar-refractivity contribution in [3.8, 4) is 11.6 Å². The fraction of sp³-hybridized carbons (Fsp3) is 0.167. The van der Waals surface area contributed by atoms with E-state index in [1.807, 2.05) is 6.92 Å². The number of aromatic nitrogens is 2. The molecule has 0 fully saturated rings. The Labute approximate surface area is 103 Å². The summed E-state index contributed by atoms with van der Waals surface area (Å²) in [5, 5.41) is 0.281. The fourth-order valence-electron chi connectivity index (χ4n) is 1.29. The van der Waals surface area contributed by atoms with Gasteiger partial charge in [0.1, 0.15) is 11.0 Å². The van der Waals surface area contributed by atoms with Gasteiger partial charge in [0.25, 0.3) is 0 Å². The van der Waals surface area contributed by atoms with Gasteiger partial charge in [-0.2, -0.15) is 4.98 Å². The van der Waals surface area contributed by atoms with Crippen LogP contribution in [0.3, 0.4) is 0 Å². The van der Waals surface area contributed by atoms with Gasteiger partial charge in [-0.25, -0.2) is 9.37 Å². The number of rotatable bonds is 3. The van der Waals surface area contributed by atoms with Gasteiger partial charge in [0.15, 0.2) is 11.6 Å². The third kappa shape index (κ3) is 2.91. The van der Waals surface area contributed by atoms with E-state index in [0.717, 1.165) is 0 Å². The highest BCUT2D eigenvalue weighted by Crippen LogP contribution is 2.24. The number of aryl methyl sites for hydroxylation is 1. The van der Waals surface area contributed by atoms with Gasteiger partial charge in [-0.05, 0) is 12.1 Å². The molecule has 1 heterocycles. The number of nitrogens with zero attached hydrogens (tertiary/aromatic N) is 2. The number of halogens is 2. The molecule has 0 saturated heterocycles. The molecule has 0 bridgehead atoms. The maximum atomic E-state index is 13.4. The van der Waals surface area contributed by atoms with Crippen LogP contribution in [0.2, 0.25) is 5.15 Å². The van der Waals surface area contributed by atoms with Crippen LogP contribution in [0.5, 0.6) is 11.6 Å². The van der Waals surface area contributed by atoms with Crippen molar-refractivity contribution in [1.29, 1.82) is 0 Å². The maximum absolute atomic E-state index is 13.4. The lowest BCUT2D eigenvalue weighted by atomic mass is 10.3. The van der Waals surface area contributed by atoms with Crippen LogP contribution >= 0.6 is 11.6 Å². The molecule has 0 saturated carbocycles. The molecule has 5 heteroatoms. The Morgan fingerprint density at radius 3 is 2.76 bits per heavy atom. The monoisotopic (exact) mass is 252 g/mol. The predicted molar refractivity (Wildman–Crippen MR) is 62.9 cm³/mol. The van der Waals surface area contributed by atoms with E-state index in [1.165, 1.54) is 18.2 Å². The zero-order valence-electron chi connectivity index (χ0n) is 9.15. The van der Waals surface area contributed by atoms with Crippen molar-refractivity contribution in [2.75, 3.05) is 0 Å². The number of benzene rings is 1. The number of para-hydroxylation sites is 1. The molecule has 0 atom stereocenters. The zero-order chi connectivity index (χ0) is 12.3. The number of hydrogen-bond acceptors (Lipinski definition) is 3. The summed E-state index contributed by atoms with van der Waals surface area (Å²) in [4.78, 5) is 8.10. The zero-order valence-corrected chi connectivity index (χ0v) is 9.91. The van der Waals surface area contributed by atoms with Crippen LogP contribution in [0.15, 0.2) is 30.3 Å². The van der Waals surface area contributed by atoms with Crippen LogP contribution in [0.1, 0.15) is 12.7 Å². The van der Waals surface area contributed by atoms with Gasteiger partial charge in [0.2, 0.25) is 5.88 Å². The van der Waals surface area contributed by atoms with E-state index in [1.54, 1.807) is 12.1 Å². The molecule has 2 aromatic rings. The molecule has 0 aliphatic rings. The van der Waals surface area contributed by atoms with Gasteiger partial charge in [0, 0.05) is 12.5 Å². The van der Waals surface area contributed by atoms with Crippen LogP contribution < -0.4 is 4.74 Å². The highest BCUT2D eigenvalue weighted by Gasteiger charge is 2.07. The number of ether oxygens (including phenoxy) is 1. The van der Waals surface area contributed by atoms with E-state index in [-0.39, 0.29) is 16.8 Å². The molecule has 0 aliphatic carbocycles. The standard InChI is InChI=1S/C12H10ClFN2O/c1-2-11-15-10(13)7-12(16-11)17-9-6-4-3-5-8(9)14/h3-7H,2H2,1H3. The van der Waals surface area contributed by atoms with Crippen molar-refractivity contribution in [3.63, 3.8) is 0 Å². The normalized spacial score (nSPS) is 10.3. The molecule has 88 valence electrons. The summed E-state index contributed by atoms with van der Waals surface area (Å²) in [6, 6.07) is 7.57. The van der Waals surface area contributed by atoms with E-state index in [2.05, 4.69) is 9.97 Å². The van der Waals surface area contributed by atoms with E-state index in [0.29, 0.717) is 12.2 Å². The van der Waals surface area contributed by atoms with Gasteiger partial charge in [-0.1, -0.05) is 30.7 Å². The lowest BCUT2D eigenvalue weighted by Gasteiger charge is -2.06. The highest BCUT2D eigenvalue weighted by molar-refractivity contribution is 6.29. The smallest absolute Gasteiger partial charge is 0.224 e. The number of hydrogen-bond donors (Lipinski definition) is 0. The summed E-state index contributed by atoms with van der Waals surface area (Å²) in [7, 11) is 0. The summed E-state index contributed by atoms with van der Waals surface area (Å²) in [5.41, 5.74) is 0. The van der Waals surface area contributed by atoms with Gasteiger partial charge < -0.3 is 4.74 Å². The third-order valence-corrected chi connectivity index (χ3v) is 2.28. The lowest BCUT2D eigenvalue weighted by molar-refractivity contribution is 0.424. The fourth-order valence-corrected chi connectivity index (χ4v) is 1.48. The Kier molecular flexibility index (Phi) is 3.54. The van der Waals surface area contributed by atoms with Crippen molar-refractivity contribution in [1.82, 2.24) is 9.97 Å². The van der Waals surface area contributed by atoms with Crippen LogP contribution in [0.25, 0.3) is 0 Å². The van der Waals surface area contributed by atoms with Gasteiger partial charge in [-0.3, -0.25) is 0 Å². The van der Waals surface area contributed by atoms with Crippen molar-refractivity contribution in [2.45, 2.75) is 13.3 Å². The largest absolute Gasteiger partial charge is 0.436 e. The molecule has 2 rings (SSSR count). The van der Waals surface area contributed by atoms with Crippen molar-refractivity contribution < 1.29 is 9.13 Å². The minimum atomic E-state index is -0.444. The second kappa shape index (κ2) is 5.10. The van der Waals surface area contributed by atoms with Crippen LogP contribution in [0, 0.1) is 5.82 Å². The molecular formula is C12H10ClFN2O. The van der Waals surface area contributed by atoms with Crippen LogP contribution in [-0.4, -0.2) is 9.97 Å². The average Bonchev–Trinajstić information content (AvgIpc) is 2.31. The quantitative estimate of drug-likeness (QED) is 0.783. The van der Waals surface area contributed by atoms with E-state index in [4.69, 9.17) is 16.3 Å². The minimum absolute atomic E-state index is 0.115. The van der Waals surface area contributed by atoms with Crippen LogP contribution in [-0.2, 0) is 6.42 Å². The summed E-state index contributed by atoms with van der Waals surface area (Å²) < 4.78 is 18.7. The Morgan fingerprint density at radius 2 is 2.06 bits per heavy atom. The molecular weight excluding hydrogens is 243 g/mol. The first-order valence-corrected chi connectivity index (χ1v) is 5.52. The molecule has 3 nitrogen and oxygen atoms in total. The second-order valence-electron chi connectivity index (χ2n) is 3.33. The summed E-state index contributed by atoms with van der Waals surface area (Å²) in [6.07, 6.45) is 0.633. The van der Waals surface area contributed by atoms with Gasteiger partial charge in [-0.15, -0.1) is 0 Å². The molecule has 17 heavy (non-hydrogen) atoms. The highest BCUT2D eigenvalue weighted by atomic mass is 35.5. The third-order valence-electron chi connectivity index (χ3n) is 2.09. The molecule has 0 aliphatic heterocycles. The summed E-state index contributed by atoms with van der Waals surface area (Å²) >= 11 is 5.81. The Hall–Kier alpha value is -1.68. The predicted octanol–water partition coefficient (Wildman–Crippen LogP) is 3.62. The Bertz CT molecular complexity index is 534. The van der Waals surface area contributed by atoms with Crippen LogP contribution in [0.4, 0.5) is 4.39 Å². The second-order valence-corrected chi connectivity index (χ2v) is 3.72. The molecule has 0 spiro atoms. The SMILES string of the molecule is CCc1nc(Cl)cc(Oc2ccccc2F)n1. The summed E-state index contributed by atoms with van der Waals surface area (Å²) in [6.45, 7) is 1.90. The molecule has 0 N–H and O–H groups in total. The summed E-state index contributed by atoms with van der Waals surface area (Å²) in [5.74, 6) is 0.473. The molecule has 0 radical (unpaired) electrons. The van der Waals surface area contributed by atoms with E-state index >= 15 is 0 Å². The Morgan fingerprint density at radius 1 is 1.29 bits per heavy atom. The molecule has 0 unspecified atom stereocenters. The van der Waals surface area contributed by atoms with Gasteiger partial charge in [0.05, 0.1) is 0 Å². The van der Waals surface area contributed by atoms with E-state index < -0.39 is 5.82 Å². The first-order valence-electron chi connectivity index (χ1n) is 5.15. The molecule has 0 amide bonds. The Balaban J connectivity index is 2.30.